The number of ether oxygens (including phenoxy) is 1. The molecule has 0 aliphatic carbocycles. The minimum absolute atomic E-state index is 0.0627. The van der Waals surface area contributed by atoms with Crippen molar-refractivity contribution in [3.63, 3.8) is 0 Å². The van der Waals surface area contributed by atoms with E-state index in [0.29, 0.717) is 69.6 Å². The van der Waals surface area contributed by atoms with E-state index in [2.05, 4.69) is 20.9 Å². The molecule has 210 valence electrons. The fourth-order valence-electron chi connectivity index (χ4n) is 5.62. The highest BCUT2D eigenvalue weighted by Gasteiger charge is 2.44. The van der Waals surface area contributed by atoms with Gasteiger partial charge in [-0.25, -0.2) is 0 Å². The van der Waals surface area contributed by atoms with Gasteiger partial charge in [-0.3, -0.25) is 19.1 Å². The monoisotopic (exact) mass is 544 g/mol. The molecular formula is C30H36N6O4. The molecule has 1 fully saturated rings. The molecule has 0 saturated carbocycles. The number of hydrogen-bond donors (Lipinski definition) is 2. The van der Waals surface area contributed by atoms with Crippen LogP contribution in [0.2, 0.25) is 0 Å². The van der Waals surface area contributed by atoms with Gasteiger partial charge >= 0.3 is 0 Å². The van der Waals surface area contributed by atoms with Crippen LogP contribution in [0.1, 0.15) is 46.4 Å². The van der Waals surface area contributed by atoms with Crippen molar-refractivity contribution in [2.75, 3.05) is 26.7 Å². The highest BCUT2D eigenvalue weighted by Crippen LogP contribution is 2.36. The number of rotatable bonds is 4. The molecule has 1 atom stereocenters. The molecule has 3 amide bonds. The van der Waals surface area contributed by atoms with E-state index in [1.807, 2.05) is 49.5 Å². The van der Waals surface area contributed by atoms with Crippen LogP contribution >= 0.6 is 0 Å². The quantitative estimate of drug-likeness (QED) is 0.521. The van der Waals surface area contributed by atoms with Crippen LogP contribution in [0.15, 0.2) is 54.7 Å². The molecule has 3 aromatic rings. The topological polar surface area (TPSA) is 118 Å². The highest BCUT2D eigenvalue weighted by molar-refractivity contribution is 5.96. The van der Waals surface area contributed by atoms with Gasteiger partial charge in [0.2, 0.25) is 11.8 Å². The molecule has 3 heterocycles. The lowest BCUT2D eigenvalue weighted by molar-refractivity contribution is -0.137. The van der Waals surface area contributed by atoms with Crippen LogP contribution in [0, 0.1) is 12.3 Å². The van der Waals surface area contributed by atoms with Gasteiger partial charge in [0.1, 0.15) is 11.8 Å². The Morgan fingerprint density at radius 1 is 1.10 bits per heavy atom. The molecule has 5 rings (SSSR count). The third-order valence-electron chi connectivity index (χ3n) is 8.03. The fraction of sp³-hybridized carbons (Fsp3) is 0.433. The molecule has 2 N–H and O–H groups in total. The van der Waals surface area contributed by atoms with Gasteiger partial charge in [-0.05, 0) is 55.5 Å². The molecule has 2 aliphatic rings. The summed E-state index contributed by atoms with van der Waals surface area (Å²) in [6.07, 6.45) is 4.27. The summed E-state index contributed by atoms with van der Waals surface area (Å²) in [6, 6.07) is 14.4. The maximum atomic E-state index is 14.1. The van der Waals surface area contributed by atoms with Crippen LogP contribution in [0.3, 0.4) is 0 Å². The van der Waals surface area contributed by atoms with E-state index in [9.17, 15) is 14.4 Å². The Hall–Kier alpha value is -4.21. The van der Waals surface area contributed by atoms with E-state index in [-0.39, 0.29) is 17.7 Å². The number of fused-ring (bicyclic) bond motifs is 2. The lowest BCUT2D eigenvalue weighted by atomic mass is 9.73. The number of aromatic nitrogens is 3. The number of nitrogens with zero attached hydrogens (tertiary/aromatic N) is 4. The third-order valence-corrected chi connectivity index (χ3v) is 8.03. The fourth-order valence-corrected chi connectivity index (χ4v) is 5.62. The minimum Gasteiger partial charge on any atom is -0.497 e. The van der Waals surface area contributed by atoms with Gasteiger partial charge in [0.15, 0.2) is 0 Å². The Bertz CT molecular complexity index is 1360. The number of aryl methyl sites for hydroxylation is 2. The number of carbonyl (C=O) groups is 3. The van der Waals surface area contributed by atoms with E-state index in [0.717, 1.165) is 16.8 Å². The number of benzene rings is 2. The predicted octanol–water partition coefficient (Wildman–Crippen LogP) is 2.31. The first-order valence-corrected chi connectivity index (χ1v) is 13.8. The lowest BCUT2D eigenvalue weighted by Crippen LogP contribution is -2.56. The van der Waals surface area contributed by atoms with Crippen molar-refractivity contribution >= 4 is 17.7 Å². The zero-order valence-corrected chi connectivity index (χ0v) is 23.1. The van der Waals surface area contributed by atoms with Crippen LogP contribution in [0.25, 0.3) is 0 Å². The third kappa shape index (κ3) is 6.00. The molecule has 1 spiro atoms. The standard InChI is InChI=1S/C30H36N6O4/c1-21-17-24(40-2)9-10-25(21)28(38)35-15-11-30(12-16-35)19-23-20-36(34-33-23)14-6-13-31-27(37)26(32-29(30)39)18-22-7-4-3-5-8-22/h3-5,7-10,17,20,26H,6,11-16,18-19H2,1-2H3,(H,31,37)(H,32,39)/t26-/m0/s1. The van der Waals surface area contributed by atoms with Crippen LogP contribution < -0.4 is 15.4 Å². The molecule has 2 aromatic carbocycles. The summed E-state index contributed by atoms with van der Waals surface area (Å²) in [6.45, 7) is 3.82. The van der Waals surface area contributed by atoms with E-state index >= 15 is 0 Å². The first-order chi connectivity index (χ1) is 19.4. The number of likely N-dealkylation sites (tertiary alicyclic amines) is 1. The second-order valence-electron chi connectivity index (χ2n) is 10.8. The van der Waals surface area contributed by atoms with Gasteiger partial charge in [-0.1, -0.05) is 35.5 Å². The Kier molecular flexibility index (Phi) is 8.14. The van der Waals surface area contributed by atoms with E-state index < -0.39 is 11.5 Å². The number of carbonyl (C=O) groups excluding carboxylic acids is 3. The molecule has 1 aromatic heterocycles. The average molecular weight is 545 g/mol. The van der Waals surface area contributed by atoms with Crippen molar-refractivity contribution in [2.24, 2.45) is 5.41 Å². The smallest absolute Gasteiger partial charge is 0.254 e. The van der Waals surface area contributed by atoms with Gasteiger partial charge in [-0.2, -0.15) is 0 Å². The molecule has 0 radical (unpaired) electrons. The molecule has 2 aliphatic heterocycles. The Labute approximate surface area is 234 Å². The number of amides is 3. The van der Waals surface area contributed by atoms with Crippen LogP contribution in [-0.2, 0) is 29.0 Å². The lowest BCUT2D eigenvalue weighted by Gasteiger charge is -2.41. The SMILES string of the molecule is COc1ccc(C(=O)N2CCC3(CC2)Cc2cn(nn2)CCCNC(=O)[C@H](Cc2ccccc2)NC3=O)c(C)c1. The first kappa shape index (κ1) is 27.4. The Balaban J connectivity index is 1.38. The molecule has 10 nitrogen and oxygen atoms in total. The summed E-state index contributed by atoms with van der Waals surface area (Å²) < 4.78 is 7.04. The second kappa shape index (κ2) is 11.9. The zero-order chi connectivity index (χ0) is 28.1. The van der Waals surface area contributed by atoms with Crippen molar-refractivity contribution in [1.29, 1.82) is 0 Å². The van der Waals surface area contributed by atoms with E-state index in [1.165, 1.54) is 0 Å². The first-order valence-electron chi connectivity index (χ1n) is 13.8. The summed E-state index contributed by atoms with van der Waals surface area (Å²) in [5.74, 6) is 0.250. The molecule has 10 heteroatoms. The van der Waals surface area contributed by atoms with Crippen molar-refractivity contribution < 1.29 is 19.1 Å². The second-order valence-corrected chi connectivity index (χ2v) is 10.8. The molecule has 0 unspecified atom stereocenters. The van der Waals surface area contributed by atoms with E-state index in [1.54, 1.807) is 28.8 Å². The van der Waals surface area contributed by atoms with Crippen LogP contribution in [0.4, 0.5) is 0 Å². The van der Waals surface area contributed by atoms with Crippen molar-refractivity contribution in [3.05, 3.63) is 77.1 Å². The molecule has 2 bridgehead atoms. The summed E-state index contributed by atoms with van der Waals surface area (Å²) in [4.78, 5) is 42.5. The van der Waals surface area contributed by atoms with Crippen molar-refractivity contribution in [3.8, 4) is 5.75 Å². The molecule has 1 saturated heterocycles. The van der Waals surface area contributed by atoms with Crippen molar-refractivity contribution in [1.82, 2.24) is 30.5 Å². The largest absolute Gasteiger partial charge is 0.497 e. The predicted molar refractivity (Wildman–Crippen MR) is 149 cm³/mol. The maximum absolute atomic E-state index is 14.1. The number of nitrogens with one attached hydrogen (secondary N) is 2. The molecular weight excluding hydrogens is 508 g/mol. The maximum Gasteiger partial charge on any atom is 0.254 e. The summed E-state index contributed by atoms with van der Waals surface area (Å²) in [7, 11) is 1.60. The highest BCUT2D eigenvalue weighted by atomic mass is 16.5. The van der Waals surface area contributed by atoms with Gasteiger partial charge in [-0.15, -0.1) is 5.10 Å². The number of methoxy groups -OCH3 is 1. The number of hydrogen-bond acceptors (Lipinski definition) is 6. The van der Waals surface area contributed by atoms with Crippen molar-refractivity contribution in [2.45, 2.75) is 51.6 Å². The van der Waals surface area contributed by atoms with Crippen LogP contribution in [0.5, 0.6) is 5.75 Å². The normalized spacial score (nSPS) is 19.6. The summed E-state index contributed by atoms with van der Waals surface area (Å²) >= 11 is 0. The van der Waals surface area contributed by atoms with E-state index in [4.69, 9.17) is 4.74 Å². The number of piperidine rings is 1. The Morgan fingerprint density at radius 3 is 2.60 bits per heavy atom. The molecule has 40 heavy (non-hydrogen) atoms. The van der Waals surface area contributed by atoms with Gasteiger partial charge in [0, 0.05) is 50.8 Å². The zero-order valence-electron chi connectivity index (χ0n) is 23.1. The minimum atomic E-state index is -0.824. The van der Waals surface area contributed by atoms with Gasteiger partial charge < -0.3 is 20.3 Å². The van der Waals surface area contributed by atoms with Gasteiger partial charge in [0.25, 0.3) is 5.91 Å². The Morgan fingerprint density at radius 2 is 1.88 bits per heavy atom. The summed E-state index contributed by atoms with van der Waals surface area (Å²) in [5.41, 5.74) is 2.35. The summed E-state index contributed by atoms with van der Waals surface area (Å²) in [5, 5.41) is 14.7. The van der Waals surface area contributed by atoms with Crippen LogP contribution in [-0.4, -0.2) is 70.4 Å². The van der Waals surface area contributed by atoms with Gasteiger partial charge in [0.05, 0.1) is 18.2 Å². The average Bonchev–Trinajstić information content (AvgIpc) is 3.41.